The van der Waals surface area contributed by atoms with E-state index in [4.69, 9.17) is 0 Å². The second-order valence-electron chi connectivity index (χ2n) is 4.83. The first kappa shape index (κ1) is 16.7. The third-order valence-corrected chi connectivity index (χ3v) is 3.82. The summed E-state index contributed by atoms with van der Waals surface area (Å²) < 4.78 is 0. The molecule has 0 fully saturated rings. The summed E-state index contributed by atoms with van der Waals surface area (Å²) >= 11 is 1.31. The van der Waals surface area contributed by atoms with Gasteiger partial charge in [0.15, 0.2) is 0 Å². The van der Waals surface area contributed by atoms with E-state index in [9.17, 15) is 9.90 Å². The predicted octanol–water partition coefficient (Wildman–Crippen LogP) is 1.67. The lowest BCUT2D eigenvalue weighted by Crippen LogP contribution is -2.32. The third kappa shape index (κ3) is 4.40. The number of oxime groups is 1. The van der Waals surface area contributed by atoms with Gasteiger partial charge in [0.05, 0.1) is 5.97 Å². The molecule has 1 heterocycles. The lowest BCUT2D eigenvalue weighted by molar-refractivity contribution is -0.294. The number of carboxylic acid groups (broad SMARTS) is 1. The molecule has 2 aromatic rings. The molecule has 1 aromatic carbocycles. The second-order valence-corrected chi connectivity index (χ2v) is 5.72. The minimum Gasteiger partial charge on any atom is -0.543 e. The summed E-state index contributed by atoms with van der Waals surface area (Å²) in [5.74, 6) is -1.39. The standard InChI is InChI=1S/C16H17N3O3S/c1-19(2)13-6-4-11(5-7-13)9-17-14-8-12(10-23-14)15(16(20)21)18-22-3/h4-10H,1-3H3,(H,20,21)/p-1/b17-9?,18-15-. The van der Waals surface area contributed by atoms with Gasteiger partial charge in [0.25, 0.3) is 0 Å². The quantitative estimate of drug-likeness (QED) is 0.596. The average molecular weight is 330 g/mol. The molecule has 0 radical (unpaired) electrons. The number of rotatable bonds is 6. The Bertz CT molecular complexity index is 733. The molecule has 7 heteroatoms. The number of nitrogens with zero attached hydrogens (tertiary/aromatic N) is 3. The van der Waals surface area contributed by atoms with Gasteiger partial charge in [-0.3, -0.25) is 0 Å². The van der Waals surface area contributed by atoms with Gasteiger partial charge in [0.1, 0.15) is 17.8 Å². The van der Waals surface area contributed by atoms with Crippen molar-refractivity contribution in [3.63, 3.8) is 0 Å². The maximum absolute atomic E-state index is 11.0. The van der Waals surface area contributed by atoms with E-state index in [2.05, 4.69) is 15.0 Å². The molecule has 0 saturated carbocycles. The normalized spacial score (nSPS) is 11.7. The smallest absolute Gasteiger partial charge is 0.133 e. The Morgan fingerprint density at radius 3 is 2.57 bits per heavy atom. The fraction of sp³-hybridized carbons (Fsp3) is 0.188. The SMILES string of the molecule is CO/N=C(\C(=O)[O-])c1csc(N=Cc2ccc(N(C)C)cc2)c1. The van der Waals surface area contributed by atoms with Crippen molar-refractivity contribution in [1.82, 2.24) is 0 Å². The average Bonchev–Trinajstić information content (AvgIpc) is 2.99. The van der Waals surface area contributed by atoms with Gasteiger partial charge in [-0.2, -0.15) is 0 Å². The molecule has 0 amide bonds. The summed E-state index contributed by atoms with van der Waals surface area (Å²) in [6.07, 6.45) is 1.72. The number of thiophene rings is 1. The molecule has 1 aromatic heterocycles. The minimum atomic E-state index is -1.39. The molecule has 0 bridgehead atoms. The number of carbonyl (C=O) groups is 1. The first-order valence-electron chi connectivity index (χ1n) is 6.74. The van der Waals surface area contributed by atoms with Crippen molar-refractivity contribution in [3.8, 4) is 0 Å². The summed E-state index contributed by atoms with van der Waals surface area (Å²) in [6.45, 7) is 0. The molecular formula is C16H16N3O3S-. The van der Waals surface area contributed by atoms with Gasteiger partial charge in [-0.1, -0.05) is 17.3 Å². The van der Waals surface area contributed by atoms with Crippen molar-refractivity contribution in [1.29, 1.82) is 0 Å². The fourth-order valence-corrected chi connectivity index (χ4v) is 2.55. The molecule has 2 rings (SSSR count). The third-order valence-electron chi connectivity index (χ3n) is 2.99. The zero-order valence-corrected chi connectivity index (χ0v) is 13.8. The van der Waals surface area contributed by atoms with Crippen LogP contribution in [0.2, 0.25) is 0 Å². The Morgan fingerprint density at radius 2 is 2.00 bits per heavy atom. The monoisotopic (exact) mass is 330 g/mol. The van der Waals surface area contributed by atoms with E-state index >= 15 is 0 Å². The highest BCUT2D eigenvalue weighted by molar-refractivity contribution is 7.14. The Kier molecular flexibility index (Phi) is 5.48. The molecule has 120 valence electrons. The number of aliphatic imine (C=N–C) groups is 1. The van der Waals surface area contributed by atoms with E-state index in [1.165, 1.54) is 18.4 Å². The number of benzene rings is 1. The number of hydrogen-bond donors (Lipinski definition) is 0. The van der Waals surface area contributed by atoms with Crippen LogP contribution in [0.3, 0.4) is 0 Å². The molecule has 0 aliphatic carbocycles. The number of carboxylic acids is 1. The van der Waals surface area contributed by atoms with Crippen molar-refractivity contribution in [2.45, 2.75) is 0 Å². The van der Waals surface area contributed by atoms with Crippen LogP contribution in [-0.2, 0) is 9.63 Å². The van der Waals surface area contributed by atoms with Crippen molar-refractivity contribution in [3.05, 3.63) is 46.8 Å². The summed E-state index contributed by atoms with van der Waals surface area (Å²) in [5.41, 5.74) is 2.22. The molecule has 0 unspecified atom stereocenters. The largest absolute Gasteiger partial charge is 0.543 e. The van der Waals surface area contributed by atoms with E-state index in [0.717, 1.165) is 11.3 Å². The lowest BCUT2D eigenvalue weighted by Gasteiger charge is -2.11. The van der Waals surface area contributed by atoms with Crippen molar-refractivity contribution in [2.75, 3.05) is 26.1 Å². The van der Waals surface area contributed by atoms with E-state index < -0.39 is 5.97 Å². The van der Waals surface area contributed by atoms with Gasteiger partial charge in [-0.15, -0.1) is 11.3 Å². The summed E-state index contributed by atoms with van der Waals surface area (Å²) in [4.78, 5) is 21.9. The number of carbonyl (C=O) groups excluding carboxylic acids is 1. The van der Waals surface area contributed by atoms with Crippen LogP contribution in [0.25, 0.3) is 0 Å². The first-order chi connectivity index (χ1) is 11.0. The lowest BCUT2D eigenvalue weighted by atomic mass is 10.2. The highest BCUT2D eigenvalue weighted by Crippen LogP contribution is 2.24. The molecule has 0 atom stereocenters. The Hall–Kier alpha value is -2.67. The summed E-state index contributed by atoms with van der Waals surface area (Å²) in [5, 5.41) is 16.8. The van der Waals surface area contributed by atoms with Gasteiger partial charge in [0.2, 0.25) is 0 Å². The maximum Gasteiger partial charge on any atom is 0.133 e. The van der Waals surface area contributed by atoms with E-state index in [-0.39, 0.29) is 5.71 Å². The zero-order valence-electron chi connectivity index (χ0n) is 13.0. The van der Waals surface area contributed by atoms with Gasteiger partial charge < -0.3 is 19.6 Å². The van der Waals surface area contributed by atoms with Gasteiger partial charge in [0, 0.05) is 36.9 Å². The number of aliphatic carboxylic acids is 1. The predicted molar refractivity (Wildman–Crippen MR) is 90.9 cm³/mol. The van der Waals surface area contributed by atoms with Crippen LogP contribution in [-0.4, -0.2) is 39.1 Å². The topological polar surface area (TPSA) is 77.3 Å². The minimum absolute atomic E-state index is 0.250. The van der Waals surface area contributed by atoms with Crippen LogP contribution in [0.15, 0.2) is 45.9 Å². The van der Waals surface area contributed by atoms with E-state index in [1.807, 2.05) is 43.3 Å². The molecule has 0 aliphatic rings. The van der Waals surface area contributed by atoms with Crippen LogP contribution in [0.5, 0.6) is 0 Å². The molecule has 23 heavy (non-hydrogen) atoms. The Morgan fingerprint density at radius 1 is 1.30 bits per heavy atom. The Labute approximate surface area is 138 Å². The molecule has 0 saturated heterocycles. The molecular weight excluding hydrogens is 314 g/mol. The van der Waals surface area contributed by atoms with Gasteiger partial charge in [-0.05, 0) is 23.8 Å². The molecule has 0 spiro atoms. The zero-order chi connectivity index (χ0) is 16.8. The van der Waals surface area contributed by atoms with Crippen LogP contribution in [0, 0.1) is 0 Å². The van der Waals surface area contributed by atoms with E-state index in [0.29, 0.717) is 10.6 Å². The van der Waals surface area contributed by atoms with Crippen LogP contribution >= 0.6 is 11.3 Å². The molecule has 6 nitrogen and oxygen atoms in total. The second kappa shape index (κ2) is 7.55. The van der Waals surface area contributed by atoms with Crippen molar-refractivity contribution >= 4 is 39.9 Å². The highest BCUT2D eigenvalue weighted by Gasteiger charge is 2.08. The fourth-order valence-electron chi connectivity index (χ4n) is 1.81. The van der Waals surface area contributed by atoms with Crippen molar-refractivity contribution < 1.29 is 14.7 Å². The number of hydrogen-bond acceptors (Lipinski definition) is 7. The highest BCUT2D eigenvalue weighted by atomic mass is 32.1. The summed E-state index contributed by atoms with van der Waals surface area (Å²) in [6, 6.07) is 9.56. The number of anilines is 1. The maximum atomic E-state index is 11.0. The molecule has 0 aliphatic heterocycles. The summed E-state index contributed by atoms with van der Waals surface area (Å²) in [7, 11) is 5.24. The molecule has 0 N–H and O–H groups in total. The van der Waals surface area contributed by atoms with Crippen LogP contribution < -0.4 is 10.0 Å². The van der Waals surface area contributed by atoms with Crippen molar-refractivity contribution in [2.24, 2.45) is 10.1 Å². The van der Waals surface area contributed by atoms with Crippen LogP contribution in [0.1, 0.15) is 11.1 Å². The van der Waals surface area contributed by atoms with E-state index in [1.54, 1.807) is 17.7 Å². The first-order valence-corrected chi connectivity index (χ1v) is 7.62. The van der Waals surface area contributed by atoms with Crippen LogP contribution in [0.4, 0.5) is 10.7 Å². The van der Waals surface area contributed by atoms with Gasteiger partial charge >= 0.3 is 0 Å². The van der Waals surface area contributed by atoms with Gasteiger partial charge in [-0.25, -0.2) is 4.99 Å². The Balaban J connectivity index is 2.15.